The van der Waals surface area contributed by atoms with E-state index in [9.17, 15) is 31.1 Å². The summed E-state index contributed by atoms with van der Waals surface area (Å²) in [5.74, 6) is -0.531. The van der Waals surface area contributed by atoms with Crippen LogP contribution < -0.4 is 0 Å². The highest BCUT2D eigenvalue weighted by atomic mass is 79.9. The van der Waals surface area contributed by atoms with Crippen molar-refractivity contribution in [2.45, 2.75) is 12.4 Å². The Kier molecular flexibility index (Phi) is 5.36. The van der Waals surface area contributed by atoms with Crippen LogP contribution in [0.4, 0.5) is 26.3 Å². The van der Waals surface area contributed by atoms with Crippen LogP contribution in [0, 0.1) is 0 Å². The van der Waals surface area contributed by atoms with Crippen LogP contribution in [0.25, 0.3) is 21.5 Å². The molecule has 148 valence electrons. The van der Waals surface area contributed by atoms with E-state index in [1.165, 1.54) is 6.07 Å². The van der Waals surface area contributed by atoms with Crippen molar-refractivity contribution in [2.75, 3.05) is 5.33 Å². The van der Waals surface area contributed by atoms with Crippen molar-refractivity contribution in [3.63, 3.8) is 0 Å². The maximum atomic E-state index is 13.6. The van der Waals surface area contributed by atoms with Crippen molar-refractivity contribution in [3.05, 3.63) is 57.1 Å². The van der Waals surface area contributed by atoms with Crippen LogP contribution in [0.15, 0.2) is 30.3 Å². The lowest BCUT2D eigenvalue weighted by atomic mass is 9.91. The number of carbonyl (C=O) groups excluding carboxylic acids is 1. The van der Waals surface area contributed by atoms with E-state index in [-0.39, 0.29) is 43.2 Å². The van der Waals surface area contributed by atoms with Gasteiger partial charge in [0.25, 0.3) is 0 Å². The van der Waals surface area contributed by atoms with E-state index in [1.807, 2.05) is 0 Å². The summed E-state index contributed by atoms with van der Waals surface area (Å²) in [6.45, 7) is 0. The first-order valence-corrected chi connectivity index (χ1v) is 9.35. The summed E-state index contributed by atoms with van der Waals surface area (Å²) >= 11 is 14.8. The molecule has 10 heteroatoms. The molecule has 3 aromatic rings. The summed E-state index contributed by atoms with van der Waals surface area (Å²) in [6, 6.07) is 3.99. The lowest BCUT2D eigenvalue weighted by Gasteiger charge is -2.18. The first-order valence-electron chi connectivity index (χ1n) is 7.47. The second-order valence-electron chi connectivity index (χ2n) is 5.91. The molecular weight excluding hydrogens is 497 g/mol. The molecule has 0 bridgehead atoms. The Labute approximate surface area is 172 Å². The fourth-order valence-electron chi connectivity index (χ4n) is 2.98. The number of alkyl halides is 7. The Balaban J connectivity index is 2.62. The second kappa shape index (κ2) is 7.07. The summed E-state index contributed by atoms with van der Waals surface area (Å²) in [5, 5.41) is -1.19. The normalized spacial score (nSPS) is 12.8. The zero-order valence-electron chi connectivity index (χ0n) is 13.4. The first kappa shape index (κ1) is 21.2. The highest BCUT2D eigenvalue weighted by molar-refractivity contribution is 9.09. The number of benzene rings is 3. The molecule has 0 spiro atoms. The Bertz CT molecular complexity index is 1120. The van der Waals surface area contributed by atoms with Gasteiger partial charge in [0.2, 0.25) is 0 Å². The van der Waals surface area contributed by atoms with Gasteiger partial charge in [0.1, 0.15) is 0 Å². The van der Waals surface area contributed by atoms with Crippen LogP contribution in [-0.2, 0) is 12.4 Å². The average molecular weight is 504 g/mol. The standard InChI is InChI=1S/C18H7BrCl2F6O/c19-6-15(28)10-2-7-1-8(17(22,23)24)3-12(18(25,26)27)16(7)11-5-14(21)13(20)4-9(10)11/h1-5H,6H2. The lowest BCUT2D eigenvalue weighted by molar-refractivity contribution is -0.142. The van der Waals surface area contributed by atoms with Gasteiger partial charge in [-0.15, -0.1) is 0 Å². The van der Waals surface area contributed by atoms with E-state index < -0.39 is 34.6 Å². The van der Waals surface area contributed by atoms with Crippen molar-refractivity contribution in [2.24, 2.45) is 0 Å². The van der Waals surface area contributed by atoms with E-state index >= 15 is 0 Å². The van der Waals surface area contributed by atoms with E-state index in [1.54, 1.807) is 0 Å². The molecule has 0 radical (unpaired) electrons. The van der Waals surface area contributed by atoms with E-state index in [0.29, 0.717) is 6.07 Å². The van der Waals surface area contributed by atoms with Crippen LogP contribution in [-0.4, -0.2) is 11.1 Å². The molecule has 0 amide bonds. The predicted molar refractivity (Wildman–Crippen MR) is 99.6 cm³/mol. The molecule has 0 aliphatic rings. The Morgan fingerprint density at radius 3 is 1.93 bits per heavy atom. The molecule has 0 aliphatic heterocycles. The van der Waals surface area contributed by atoms with Gasteiger partial charge in [0, 0.05) is 10.9 Å². The molecule has 3 aromatic carbocycles. The number of carbonyl (C=O) groups is 1. The monoisotopic (exact) mass is 502 g/mol. The zero-order chi connectivity index (χ0) is 21.0. The molecule has 0 fully saturated rings. The zero-order valence-corrected chi connectivity index (χ0v) is 16.5. The summed E-state index contributed by atoms with van der Waals surface area (Å²) in [6.07, 6.45) is -10.1. The molecule has 0 saturated carbocycles. The Hall–Kier alpha value is -1.51. The molecule has 1 nitrogen and oxygen atoms in total. The Morgan fingerprint density at radius 1 is 0.857 bits per heavy atom. The van der Waals surface area contributed by atoms with Gasteiger partial charge in [-0.1, -0.05) is 39.1 Å². The van der Waals surface area contributed by atoms with Gasteiger partial charge in [0.05, 0.1) is 26.5 Å². The van der Waals surface area contributed by atoms with Gasteiger partial charge < -0.3 is 0 Å². The Morgan fingerprint density at radius 2 is 1.43 bits per heavy atom. The highest BCUT2D eigenvalue weighted by Crippen LogP contribution is 2.44. The summed E-state index contributed by atoms with van der Waals surface area (Å²) in [4.78, 5) is 12.3. The van der Waals surface area contributed by atoms with Crippen LogP contribution in [0.5, 0.6) is 0 Å². The van der Waals surface area contributed by atoms with Gasteiger partial charge in [0.15, 0.2) is 5.78 Å². The largest absolute Gasteiger partial charge is 0.417 e. The SMILES string of the molecule is O=C(CBr)c1cc2cc(C(F)(F)F)cc(C(F)(F)F)c2c2cc(Cl)c(Cl)cc12. The van der Waals surface area contributed by atoms with Crippen LogP contribution in [0.3, 0.4) is 0 Å². The third-order valence-electron chi connectivity index (χ3n) is 4.14. The average Bonchev–Trinajstić information content (AvgIpc) is 2.59. The third-order valence-corrected chi connectivity index (χ3v) is 5.37. The molecule has 0 saturated heterocycles. The summed E-state index contributed by atoms with van der Waals surface area (Å²) < 4.78 is 80.3. The molecule has 28 heavy (non-hydrogen) atoms. The number of ketones is 1. The number of halogens is 9. The fraction of sp³-hybridized carbons (Fsp3) is 0.167. The topological polar surface area (TPSA) is 17.1 Å². The number of fused-ring (bicyclic) bond motifs is 3. The predicted octanol–water partition coefficient (Wildman–Crippen LogP) is 7.92. The number of Topliss-reactive ketones (excluding diaryl/α,β-unsaturated/α-hetero) is 1. The maximum Gasteiger partial charge on any atom is 0.417 e. The first-order chi connectivity index (χ1) is 12.8. The van der Waals surface area contributed by atoms with Crippen molar-refractivity contribution >= 4 is 66.5 Å². The highest BCUT2D eigenvalue weighted by Gasteiger charge is 2.38. The molecule has 0 unspecified atom stereocenters. The molecule has 0 N–H and O–H groups in total. The van der Waals surface area contributed by atoms with Crippen LogP contribution in [0.2, 0.25) is 10.0 Å². The van der Waals surface area contributed by atoms with Crippen molar-refractivity contribution < 1.29 is 31.1 Å². The number of rotatable bonds is 2. The molecule has 0 heterocycles. The molecule has 3 rings (SSSR count). The number of hydrogen-bond acceptors (Lipinski definition) is 1. The molecule has 0 atom stereocenters. The van der Waals surface area contributed by atoms with Crippen molar-refractivity contribution in [1.29, 1.82) is 0 Å². The minimum absolute atomic E-state index is 0.00221. The van der Waals surface area contributed by atoms with Crippen LogP contribution in [0.1, 0.15) is 21.5 Å². The van der Waals surface area contributed by atoms with Gasteiger partial charge in [-0.25, -0.2) is 0 Å². The van der Waals surface area contributed by atoms with Gasteiger partial charge >= 0.3 is 12.4 Å². The van der Waals surface area contributed by atoms with Crippen molar-refractivity contribution in [3.8, 4) is 0 Å². The second-order valence-corrected chi connectivity index (χ2v) is 7.29. The summed E-state index contributed by atoms with van der Waals surface area (Å²) in [5.41, 5.74) is -3.01. The smallest absolute Gasteiger partial charge is 0.293 e. The summed E-state index contributed by atoms with van der Waals surface area (Å²) in [7, 11) is 0. The third kappa shape index (κ3) is 3.69. The van der Waals surface area contributed by atoms with E-state index in [2.05, 4.69) is 15.9 Å². The van der Waals surface area contributed by atoms with Crippen molar-refractivity contribution in [1.82, 2.24) is 0 Å². The lowest BCUT2D eigenvalue weighted by Crippen LogP contribution is -2.12. The number of hydrogen-bond donors (Lipinski definition) is 0. The maximum absolute atomic E-state index is 13.6. The molecular formula is C18H7BrCl2F6O. The van der Waals surface area contributed by atoms with E-state index in [4.69, 9.17) is 23.2 Å². The van der Waals surface area contributed by atoms with E-state index in [0.717, 1.165) is 12.1 Å². The minimum Gasteiger partial charge on any atom is -0.293 e. The van der Waals surface area contributed by atoms with Gasteiger partial charge in [-0.05, 0) is 46.5 Å². The van der Waals surface area contributed by atoms with Crippen LogP contribution >= 0.6 is 39.1 Å². The molecule has 0 aromatic heterocycles. The van der Waals surface area contributed by atoms with Gasteiger partial charge in [-0.2, -0.15) is 26.3 Å². The fourth-order valence-corrected chi connectivity index (χ4v) is 3.61. The molecule has 0 aliphatic carbocycles. The van der Waals surface area contributed by atoms with Gasteiger partial charge in [-0.3, -0.25) is 4.79 Å². The quantitative estimate of drug-likeness (QED) is 0.150. The minimum atomic E-state index is -5.07.